The van der Waals surface area contributed by atoms with Crippen molar-refractivity contribution in [2.75, 3.05) is 5.73 Å². The first-order valence-electron chi connectivity index (χ1n) is 5.28. The molecule has 5 heteroatoms. The van der Waals surface area contributed by atoms with Crippen LogP contribution in [0.1, 0.15) is 5.56 Å². The lowest BCUT2D eigenvalue weighted by molar-refractivity contribution is -0.325. The molecule has 0 aliphatic rings. The molecule has 3 rings (SSSR count). The topological polar surface area (TPSA) is 94.2 Å². The van der Waals surface area contributed by atoms with Crippen LogP contribution in [0.3, 0.4) is 0 Å². The van der Waals surface area contributed by atoms with E-state index in [1.807, 2.05) is 18.2 Å². The number of anilines is 1. The number of para-hydroxylation sites is 1. The number of nitrogens with zero attached hydrogens (tertiary/aromatic N) is 1. The van der Waals surface area contributed by atoms with Crippen LogP contribution in [-0.4, -0.2) is 0 Å². The van der Waals surface area contributed by atoms with Gasteiger partial charge in [0.25, 0.3) is 5.82 Å². The molecule has 2 heterocycles. The number of nitriles is 1. The number of aromatic nitrogens is 1. The van der Waals surface area contributed by atoms with E-state index < -0.39 is 5.63 Å². The third-order valence-corrected chi connectivity index (χ3v) is 2.81. The van der Waals surface area contributed by atoms with Crippen LogP contribution in [0.4, 0.5) is 5.82 Å². The molecule has 0 amide bonds. The van der Waals surface area contributed by atoms with Gasteiger partial charge in [0.2, 0.25) is 0 Å². The number of benzene rings is 1. The number of fused-ring (bicyclic) bond motifs is 3. The van der Waals surface area contributed by atoms with Crippen molar-refractivity contribution < 1.29 is 9.40 Å². The second kappa shape index (κ2) is 3.57. The van der Waals surface area contributed by atoms with Gasteiger partial charge in [0.1, 0.15) is 22.6 Å². The van der Waals surface area contributed by atoms with E-state index in [9.17, 15) is 4.79 Å². The zero-order valence-corrected chi connectivity index (χ0v) is 9.23. The summed E-state index contributed by atoms with van der Waals surface area (Å²) < 4.78 is 5.19. The van der Waals surface area contributed by atoms with Crippen molar-refractivity contribution in [2.45, 2.75) is 0 Å². The van der Waals surface area contributed by atoms with Gasteiger partial charge in [-0.25, -0.2) is 9.78 Å². The highest BCUT2D eigenvalue weighted by molar-refractivity contribution is 6.00. The summed E-state index contributed by atoms with van der Waals surface area (Å²) in [6, 6.07) is 10.5. The normalized spacial score (nSPS) is 10.6. The SMILES string of the molecule is N#Cc1cc2c(=O)oc3ccccc3c2[nH+]c1N. The number of hydrogen-bond acceptors (Lipinski definition) is 4. The second-order valence-electron chi connectivity index (χ2n) is 3.88. The Kier molecular flexibility index (Phi) is 2.04. The van der Waals surface area contributed by atoms with Crippen LogP contribution >= 0.6 is 0 Å². The molecule has 0 saturated heterocycles. The summed E-state index contributed by atoms with van der Waals surface area (Å²) in [5.41, 5.74) is 6.53. The summed E-state index contributed by atoms with van der Waals surface area (Å²) in [4.78, 5) is 14.7. The maximum atomic E-state index is 11.8. The first-order valence-corrected chi connectivity index (χ1v) is 5.28. The Hall–Kier alpha value is -2.87. The van der Waals surface area contributed by atoms with Crippen molar-refractivity contribution in [3.8, 4) is 6.07 Å². The minimum absolute atomic E-state index is 0.227. The van der Waals surface area contributed by atoms with Gasteiger partial charge < -0.3 is 4.42 Å². The molecule has 5 nitrogen and oxygen atoms in total. The van der Waals surface area contributed by atoms with Crippen LogP contribution in [0, 0.1) is 11.3 Å². The van der Waals surface area contributed by atoms with E-state index in [1.54, 1.807) is 12.1 Å². The third-order valence-electron chi connectivity index (χ3n) is 2.81. The average molecular weight is 238 g/mol. The van der Waals surface area contributed by atoms with E-state index >= 15 is 0 Å². The molecule has 0 saturated carbocycles. The third kappa shape index (κ3) is 1.33. The van der Waals surface area contributed by atoms with E-state index in [2.05, 4.69) is 4.98 Å². The lowest BCUT2D eigenvalue weighted by Crippen LogP contribution is -2.17. The summed E-state index contributed by atoms with van der Waals surface area (Å²) in [7, 11) is 0. The Labute approximate surface area is 101 Å². The average Bonchev–Trinajstić information content (AvgIpc) is 2.38. The number of hydrogen-bond donors (Lipinski definition) is 1. The highest BCUT2D eigenvalue weighted by Crippen LogP contribution is 2.20. The van der Waals surface area contributed by atoms with Gasteiger partial charge in [-0.2, -0.15) is 5.26 Å². The lowest BCUT2D eigenvalue weighted by atomic mass is 10.1. The fourth-order valence-electron chi connectivity index (χ4n) is 1.95. The number of aromatic amines is 1. The van der Waals surface area contributed by atoms with Gasteiger partial charge in [-0.15, -0.1) is 0 Å². The van der Waals surface area contributed by atoms with Gasteiger partial charge in [0.05, 0.1) is 5.39 Å². The van der Waals surface area contributed by atoms with Crippen LogP contribution in [0.2, 0.25) is 0 Å². The largest absolute Gasteiger partial charge is 0.422 e. The van der Waals surface area contributed by atoms with Crippen molar-refractivity contribution in [3.63, 3.8) is 0 Å². The fraction of sp³-hybridized carbons (Fsp3) is 0. The predicted octanol–water partition coefficient (Wildman–Crippen LogP) is 1.21. The number of rotatable bonds is 0. The van der Waals surface area contributed by atoms with Crippen LogP contribution < -0.4 is 16.3 Å². The molecule has 0 atom stereocenters. The van der Waals surface area contributed by atoms with Crippen molar-refractivity contribution in [3.05, 3.63) is 46.3 Å². The lowest BCUT2D eigenvalue weighted by Gasteiger charge is -2.00. The second-order valence-corrected chi connectivity index (χ2v) is 3.88. The number of nitrogens with two attached hydrogens (primary N) is 1. The summed E-state index contributed by atoms with van der Waals surface area (Å²) in [5, 5.41) is 9.97. The van der Waals surface area contributed by atoms with E-state index in [4.69, 9.17) is 15.4 Å². The van der Waals surface area contributed by atoms with Crippen LogP contribution in [-0.2, 0) is 0 Å². The molecule has 0 radical (unpaired) electrons. The first-order chi connectivity index (χ1) is 8.70. The fourth-order valence-corrected chi connectivity index (χ4v) is 1.95. The molecular weight excluding hydrogens is 230 g/mol. The Bertz CT molecular complexity index is 875. The number of H-pyrrole nitrogens is 1. The van der Waals surface area contributed by atoms with Gasteiger partial charge >= 0.3 is 5.63 Å². The van der Waals surface area contributed by atoms with Gasteiger partial charge in [-0.1, -0.05) is 12.1 Å². The molecule has 0 fully saturated rings. The Balaban J connectivity index is 2.62. The summed E-state index contributed by atoms with van der Waals surface area (Å²) in [5.74, 6) is 0.237. The molecule has 2 aromatic heterocycles. The van der Waals surface area contributed by atoms with Crippen molar-refractivity contribution in [1.29, 1.82) is 5.26 Å². The Morgan fingerprint density at radius 3 is 2.83 bits per heavy atom. The number of nitrogen functional groups attached to an aromatic ring is 1. The monoisotopic (exact) mass is 238 g/mol. The zero-order valence-electron chi connectivity index (χ0n) is 9.23. The van der Waals surface area contributed by atoms with Crippen LogP contribution in [0.5, 0.6) is 0 Å². The van der Waals surface area contributed by atoms with Crippen LogP contribution in [0.25, 0.3) is 21.9 Å². The van der Waals surface area contributed by atoms with Crippen molar-refractivity contribution >= 4 is 27.7 Å². The summed E-state index contributed by atoms with van der Waals surface area (Å²) in [6.07, 6.45) is 0. The number of nitrogens with one attached hydrogen (secondary N) is 1. The van der Waals surface area contributed by atoms with Gasteiger partial charge in [0.15, 0.2) is 5.52 Å². The summed E-state index contributed by atoms with van der Waals surface area (Å²) in [6.45, 7) is 0. The molecule has 1 aromatic carbocycles. The zero-order chi connectivity index (χ0) is 12.7. The Morgan fingerprint density at radius 1 is 1.28 bits per heavy atom. The maximum Gasteiger partial charge on any atom is 0.347 e. The molecule has 0 bridgehead atoms. The smallest absolute Gasteiger partial charge is 0.347 e. The van der Waals surface area contributed by atoms with Gasteiger partial charge in [-0.3, -0.25) is 5.73 Å². The Morgan fingerprint density at radius 2 is 2.06 bits per heavy atom. The quantitative estimate of drug-likeness (QED) is 0.470. The van der Waals surface area contributed by atoms with Gasteiger partial charge in [-0.05, 0) is 18.2 Å². The standard InChI is InChI=1S/C13H7N3O2/c14-6-7-5-9-11(16-12(7)15)8-3-1-2-4-10(8)18-13(9)17/h1-5H,(H2,15,16)/p+1. The molecular formula is C13H8N3O2+. The van der Waals surface area contributed by atoms with E-state index in [0.29, 0.717) is 16.5 Å². The summed E-state index contributed by atoms with van der Waals surface area (Å²) >= 11 is 0. The molecule has 3 aromatic rings. The maximum absolute atomic E-state index is 11.8. The highest BCUT2D eigenvalue weighted by atomic mass is 16.4. The van der Waals surface area contributed by atoms with Crippen molar-refractivity contribution in [2.24, 2.45) is 0 Å². The molecule has 0 spiro atoms. The van der Waals surface area contributed by atoms with Gasteiger partial charge in [0, 0.05) is 0 Å². The molecule has 0 unspecified atom stereocenters. The number of pyridine rings is 1. The van der Waals surface area contributed by atoms with E-state index in [0.717, 1.165) is 5.39 Å². The van der Waals surface area contributed by atoms with E-state index in [-0.39, 0.29) is 11.4 Å². The molecule has 0 aliphatic carbocycles. The molecule has 18 heavy (non-hydrogen) atoms. The van der Waals surface area contributed by atoms with Crippen LogP contribution in [0.15, 0.2) is 39.5 Å². The minimum Gasteiger partial charge on any atom is -0.422 e. The first kappa shape index (κ1) is 10.3. The predicted molar refractivity (Wildman–Crippen MR) is 65.7 cm³/mol. The molecule has 86 valence electrons. The molecule has 3 N–H and O–H groups in total. The highest BCUT2D eigenvalue weighted by Gasteiger charge is 2.14. The molecule has 0 aliphatic heterocycles. The van der Waals surface area contributed by atoms with Crippen molar-refractivity contribution in [1.82, 2.24) is 0 Å². The minimum atomic E-state index is -0.489. The van der Waals surface area contributed by atoms with E-state index in [1.165, 1.54) is 6.07 Å².